The van der Waals surface area contributed by atoms with Crippen molar-refractivity contribution in [1.29, 1.82) is 0 Å². The van der Waals surface area contributed by atoms with Crippen molar-refractivity contribution in [3.05, 3.63) is 23.2 Å². The van der Waals surface area contributed by atoms with E-state index in [-0.39, 0.29) is 0 Å². The highest BCUT2D eigenvalue weighted by Crippen LogP contribution is 2.23. The van der Waals surface area contributed by atoms with Crippen LogP contribution in [0.15, 0.2) is 17.6 Å². The lowest BCUT2D eigenvalue weighted by Crippen LogP contribution is -2.32. The molecule has 2 aromatic heterocycles. The van der Waals surface area contributed by atoms with Crippen molar-refractivity contribution in [2.75, 3.05) is 0 Å². The van der Waals surface area contributed by atoms with Crippen molar-refractivity contribution < 1.29 is 9.90 Å². The van der Waals surface area contributed by atoms with Gasteiger partial charge in [-0.15, -0.1) is 11.3 Å². The van der Waals surface area contributed by atoms with E-state index in [0.29, 0.717) is 6.42 Å². The molecule has 0 aliphatic carbocycles. The van der Waals surface area contributed by atoms with E-state index in [0.717, 1.165) is 15.8 Å². The average Bonchev–Trinajstić information content (AvgIpc) is 2.69. The lowest BCUT2D eigenvalue weighted by molar-refractivity contribution is -0.138. The summed E-state index contributed by atoms with van der Waals surface area (Å²) in [6, 6.07) is 1.15. The Morgan fingerprint density at radius 1 is 1.71 bits per heavy atom. The molecule has 0 bridgehead atoms. The molecule has 0 saturated carbocycles. The fourth-order valence-electron chi connectivity index (χ4n) is 1.40. The molecule has 0 aromatic carbocycles. The van der Waals surface area contributed by atoms with Crippen LogP contribution in [0.1, 0.15) is 5.56 Å². The van der Waals surface area contributed by atoms with Crippen LogP contribution in [-0.4, -0.2) is 22.1 Å². The highest BCUT2D eigenvalue weighted by Gasteiger charge is 2.14. The summed E-state index contributed by atoms with van der Waals surface area (Å²) in [5.74, 6) is -0.963. The topological polar surface area (TPSA) is 79.1 Å². The summed E-state index contributed by atoms with van der Waals surface area (Å²) in [5.41, 5.74) is 6.43. The maximum Gasteiger partial charge on any atom is 0.320 e. The van der Waals surface area contributed by atoms with E-state index in [1.54, 1.807) is 11.3 Å². The van der Waals surface area contributed by atoms with Gasteiger partial charge in [-0.05, 0) is 17.0 Å². The molecule has 4 nitrogen and oxygen atoms in total. The zero-order valence-corrected chi connectivity index (χ0v) is 8.17. The largest absolute Gasteiger partial charge is 0.480 e. The summed E-state index contributed by atoms with van der Waals surface area (Å²) in [6.45, 7) is 0. The van der Waals surface area contributed by atoms with Gasteiger partial charge in [0.05, 0.1) is 4.83 Å². The van der Waals surface area contributed by atoms with Crippen LogP contribution >= 0.6 is 11.3 Å². The number of nitrogens with two attached hydrogens (primary N) is 1. The Morgan fingerprint density at radius 3 is 3.21 bits per heavy atom. The van der Waals surface area contributed by atoms with Gasteiger partial charge in [-0.25, -0.2) is 0 Å². The van der Waals surface area contributed by atoms with Gasteiger partial charge in [-0.1, -0.05) is 0 Å². The second kappa shape index (κ2) is 3.43. The molecular weight excluding hydrogens is 200 g/mol. The Hall–Kier alpha value is -1.33. The fourth-order valence-corrected chi connectivity index (χ4v) is 2.19. The molecule has 5 heteroatoms. The van der Waals surface area contributed by atoms with Crippen LogP contribution in [0.25, 0.3) is 10.2 Å². The van der Waals surface area contributed by atoms with E-state index in [2.05, 4.69) is 4.98 Å². The minimum absolute atomic E-state index is 0.367. The highest BCUT2D eigenvalue weighted by molar-refractivity contribution is 7.16. The van der Waals surface area contributed by atoms with E-state index in [1.807, 2.05) is 17.6 Å². The van der Waals surface area contributed by atoms with Crippen molar-refractivity contribution in [3.8, 4) is 0 Å². The lowest BCUT2D eigenvalue weighted by Gasteiger charge is -2.03. The number of hydrogen-bond acceptors (Lipinski definition) is 3. The van der Waals surface area contributed by atoms with Gasteiger partial charge in [-0.2, -0.15) is 0 Å². The molecule has 1 atom stereocenters. The number of carboxylic acid groups (broad SMARTS) is 1. The van der Waals surface area contributed by atoms with E-state index < -0.39 is 12.0 Å². The Bertz CT molecular complexity index is 460. The predicted octanol–water partition coefficient (Wildman–Crippen LogP) is 1.18. The number of hydrogen-bond donors (Lipinski definition) is 3. The summed E-state index contributed by atoms with van der Waals surface area (Å²) in [6.07, 6.45) is 2.19. The molecule has 0 aliphatic heterocycles. The number of rotatable bonds is 3. The van der Waals surface area contributed by atoms with Gasteiger partial charge in [-0.3, -0.25) is 4.79 Å². The SMILES string of the molecule is N[C@@H](Cc1c[nH]c2sccc12)C(=O)O. The Kier molecular flexibility index (Phi) is 2.26. The zero-order chi connectivity index (χ0) is 10.1. The molecule has 0 aliphatic rings. The first kappa shape index (κ1) is 9.23. The predicted molar refractivity (Wildman–Crippen MR) is 55.5 cm³/mol. The van der Waals surface area contributed by atoms with Crippen molar-refractivity contribution in [1.82, 2.24) is 4.98 Å². The van der Waals surface area contributed by atoms with E-state index in [1.165, 1.54) is 0 Å². The van der Waals surface area contributed by atoms with Crippen LogP contribution in [0.5, 0.6) is 0 Å². The van der Waals surface area contributed by atoms with Gasteiger partial charge >= 0.3 is 5.97 Å². The van der Waals surface area contributed by atoms with Crippen molar-refractivity contribution >= 4 is 27.5 Å². The number of aliphatic carboxylic acids is 1. The molecule has 0 amide bonds. The van der Waals surface area contributed by atoms with E-state index in [9.17, 15) is 4.79 Å². The van der Waals surface area contributed by atoms with Gasteiger partial charge in [0.25, 0.3) is 0 Å². The van der Waals surface area contributed by atoms with Crippen LogP contribution < -0.4 is 5.73 Å². The standard InChI is InChI=1S/C9H10N2O2S/c10-7(9(12)13)3-5-4-11-8-6(5)1-2-14-8/h1-2,4,7,11H,3,10H2,(H,12,13)/t7-/m0/s1. The van der Waals surface area contributed by atoms with Crippen LogP contribution in [0.4, 0.5) is 0 Å². The number of H-pyrrole nitrogens is 1. The number of carbonyl (C=O) groups is 1. The van der Waals surface area contributed by atoms with Crippen molar-refractivity contribution in [2.24, 2.45) is 5.73 Å². The molecule has 0 unspecified atom stereocenters. The zero-order valence-electron chi connectivity index (χ0n) is 7.36. The van der Waals surface area contributed by atoms with Crippen LogP contribution in [-0.2, 0) is 11.2 Å². The molecule has 0 radical (unpaired) electrons. The van der Waals surface area contributed by atoms with Crippen LogP contribution in [0.2, 0.25) is 0 Å². The number of aromatic amines is 1. The summed E-state index contributed by atoms with van der Waals surface area (Å²) >= 11 is 1.60. The Morgan fingerprint density at radius 2 is 2.50 bits per heavy atom. The lowest BCUT2D eigenvalue weighted by atomic mass is 10.1. The third kappa shape index (κ3) is 1.51. The summed E-state index contributed by atoms with van der Waals surface area (Å²) in [5, 5.41) is 11.7. The van der Waals surface area contributed by atoms with Crippen LogP contribution in [0, 0.1) is 0 Å². The molecule has 14 heavy (non-hydrogen) atoms. The molecule has 4 N–H and O–H groups in total. The molecule has 0 fully saturated rings. The second-order valence-corrected chi connectivity index (χ2v) is 4.04. The summed E-state index contributed by atoms with van der Waals surface area (Å²) in [4.78, 5) is 14.7. The first-order valence-corrected chi connectivity index (χ1v) is 5.08. The van der Waals surface area contributed by atoms with Gasteiger partial charge < -0.3 is 15.8 Å². The number of aromatic nitrogens is 1. The maximum atomic E-state index is 10.6. The number of fused-ring (bicyclic) bond motifs is 1. The molecule has 2 heterocycles. The minimum atomic E-state index is -0.963. The van der Waals surface area contributed by atoms with Gasteiger partial charge in [0.15, 0.2) is 0 Å². The quantitative estimate of drug-likeness (QED) is 0.711. The average molecular weight is 210 g/mol. The number of carboxylic acids is 1. The summed E-state index contributed by atoms with van der Waals surface area (Å²) in [7, 11) is 0. The monoisotopic (exact) mass is 210 g/mol. The second-order valence-electron chi connectivity index (χ2n) is 3.13. The molecule has 2 rings (SSSR count). The number of thiophene rings is 1. The van der Waals surface area contributed by atoms with E-state index >= 15 is 0 Å². The van der Waals surface area contributed by atoms with Gasteiger partial charge in [0, 0.05) is 18.0 Å². The third-order valence-corrected chi connectivity index (χ3v) is 2.99. The fraction of sp³-hybridized carbons (Fsp3) is 0.222. The third-order valence-electron chi connectivity index (χ3n) is 2.15. The molecule has 2 aromatic rings. The van der Waals surface area contributed by atoms with Crippen molar-refractivity contribution in [3.63, 3.8) is 0 Å². The van der Waals surface area contributed by atoms with Crippen LogP contribution in [0.3, 0.4) is 0 Å². The molecule has 0 saturated heterocycles. The Labute approximate surface area is 84.4 Å². The summed E-state index contributed by atoms with van der Waals surface area (Å²) < 4.78 is 0. The first-order chi connectivity index (χ1) is 6.68. The highest BCUT2D eigenvalue weighted by atomic mass is 32.1. The molecule has 0 spiro atoms. The van der Waals surface area contributed by atoms with Gasteiger partial charge in [0.2, 0.25) is 0 Å². The normalized spacial score (nSPS) is 13.2. The molecular formula is C9H10N2O2S. The smallest absolute Gasteiger partial charge is 0.320 e. The maximum absolute atomic E-state index is 10.6. The van der Waals surface area contributed by atoms with Gasteiger partial charge in [0.1, 0.15) is 6.04 Å². The number of nitrogens with one attached hydrogen (secondary N) is 1. The minimum Gasteiger partial charge on any atom is -0.480 e. The first-order valence-electron chi connectivity index (χ1n) is 4.20. The molecule has 74 valence electrons. The van der Waals surface area contributed by atoms with Crippen molar-refractivity contribution in [2.45, 2.75) is 12.5 Å². The Balaban J connectivity index is 2.27. The van der Waals surface area contributed by atoms with E-state index in [4.69, 9.17) is 10.8 Å².